The van der Waals surface area contributed by atoms with Gasteiger partial charge in [0, 0.05) is 21.9 Å². The normalized spacial score (nSPS) is 13.0. The van der Waals surface area contributed by atoms with Crippen molar-refractivity contribution in [2.75, 3.05) is 13.2 Å². The summed E-state index contributed by atoms with van der Waals surface area (Å²) in [6.07, 6.45) is 59.6. The lowest BCUT2D eigenvalue weighted by Crippen LogP contribution is -2.12. The Morgan fingerprint density at radius 2 is 0.622 bits per heavy atom. The molecular formula is C66H108O4S4. The molecule has 0 spiro atoms. The highest BCUT2D eigenvalue weighted by Gasteiger charge is 2.24. The second kappa shape index (κ2) is 41.1. The molecule has 4 rings (SSSR count). The number of carbonyl (C=O) groups is 2. The summed E-state index contributed by atoms with van der Waals surface area (Å²) < 4.78 is 20.1. The van der Waals surface area contributed by atoms with E-state index in [-0.39, 0.29) is 11.9 Å². The van der Waals surface area contributed by atoms with Crippen molar-refractivity contribution in [2.24, 2.45) is 11.8 Å². The lowest BCUT2D eigenvalue weighted by Gasteiger charge is -2.13. The molecule has 0 fully saturated rings. The molecule has 0 bridgehead atoms. The molecule has 4 aromatic rings. The smallest absolute Gasteiger partial charge is 0.330 e. The van der Waals surface area contributed by atoms with Crippen LogP contribution in [0.15, 0.2) is 12.2 Å². The number of rotatable bonds is 48. The average Bonchev–Trinajstić information content (AvgIpc) is 4.14. The van der Waals surface area contributed by atoms with E-state index in [9.17, 15) is 9.59 Å². The number of fused-ring (bicyclic) bond motifs is 5. The number of carbonyl (C=O) groups excluding carboxylic acids is 2. The first-order valence-electron chi connectivity index (χ1n) is 31.5. The zero-order chi connectivity index (χ0) is 52.9. The predicted octanol–water partition coefficient (Wildman–Crippen LogP) is 23.8. The van der Waals surface area contributed by atoms with Crippen molar-refractivity contribution < 1.29 is 19.1 Å². The molecule has 4 nitrogen and oxygen atoms in total. The van der Waals surface area contributed by atoms with Gasteiger partial charge in [0.1, 0.15) is 0 Å². The molecule has 2 atom stereocenters. The van der Waals surface area contributed by atoms with Crippen molar-refractivity contribution in [1.82, 2.24) is 0 Å². The highest BCUT2D eigenvalue weighted by molar-refractivity contribution is 7.44. The molecular weight excluding hydrogens is 985 g/mol. The molecule has 8 heteroatoms. The third-order valence-electron chi connectivity index (χ3n) is 15.8. The summed E-state index contributed by atoms with van der Waals surface area (Å²) >= 11 is 7.71. The van der Waals surface area contributed by atoms with Crippen LogP contribution in [0.1, 0.15) is 306 Å². The quantitative estimate of drug-likeness (QED) is 0.0251. The summed E-state index contributed by atoms with van der Waals surface area (Å²) in [5, 5.41) is 0. The molecule has 0 radical (unpaired) electrons. The van der Waals surface area contributed by atoms with Gasteiger partial charge in [0.15, 0.2) is 0 Å². The standard InChI is InChI=1S/C66H108O4S4/c1-7-13-17-19-21-23-25-27-29-31-33-35-37-39-41-45-55-57(47-49-59(67)69-51-53(11-5)43-15-9-3)71-63-61(55)73-66-64-62(74-65(63)66)56(58(72-64)48-50-60(68)70-52-54(12-6)44-16-10-4)46-42-40-38-36-34-32-30-28-26-24-22-20-18-14-8-2/h47-50,53-54H,7-46,51-52H2,1-6H3/b49-47+,50-48+. The fourth-order valence-electron chi connectivity index (χ4n) is 10.7. The van der Waals surface area contributed by atoms with Crippen LogP contribution in [0.4, 0.5) is 0 Å². The van der Waals surface area contributed by atoms with Crippen LogP contribution in [0.5, 0.6) is 0 Å². The summed E-state index contributed by atoms with van der Waals surface area (Å²) in [6.45, 7) is 14.5. The van der Waals surface area contributed by atoms with E-state index in [1.807, 2.05) is 45.3 Å². The Morgan fingerprint density at radius 3 is 0.905 bits per heavy atom. The third-order valence-corrected chi connectivity index (χ3v) is 21.4. The van der Waals surface area contributed by atoms with Gasteiger partial charge in [-0.2, -0.15) is 0 Å². The van der Waals surface area contributed by atoms with E-state index in [1.54, 1.807) is 12.2 Å². The van der Waals surface area contributed by atoms with Crippen LogP contribution in [-0.4, -0.2) is 25.2 Å². The van der Waals surface area contributed by atoms with E-state index < -0.39 is 0 Å². The Labute approximate surface area is 470 Å². The number of aryl methyl sites for hydroxylation is 2. The second-order valence-electron chi connectivity index (χ2n) is 22.2. The molecule has 0 saturated heterocycles. The maximum absolute atomic E-state index is 13.2. The first kappa shape index (κ1) is 64.5. The van der Waals surface area contributed by atoms with Gasteiger partial charge in [-0.15, -0.1) is 45.3 Å². The number of esters is 2. The minimum absolute atomic E-state index is 0.217. The van der Waals surface area contributed by atoms with E-state index >= 15 is 0 Å². The van der Waals surface area contributed by atoms with Crippen molar-refractivity contribution in [3.8, 4) is 0 Å². The van der Waals surface area contributed by atoms with Crippen LogP contribution in [0.25, 0.3) is 40.4 Å². The zero-order valence-electron chi connectivity index (χ0n) is 48.4. The second-order valence-corrected chi connectivity index (χ2v) is 26.4. The van der Waals surface area contributed by atoms with Gasteiger partial charge in [-0.25, -0.2) is 9.59 Å². The Kier molecular flexibility index (Phi) is 35.8. The highest BCUT2D eigenvalue weighted by Crippen LogP contribution is 2.53. The van der Waals surface area contributed by atoms with Gasteiger partial charge in [0.25, 0.3) is 0 Å². The molecule has 0 N–H and O–H groups in total. The minimum atomic E-state index is -0.217. The van der Waals surface area contributed by atoms with Crippen LogP contribution < -0.4 is 0 Å². The first-order valence-corrected chi connectivity index (χ1v) is 34.8. The average molecular weight is 1090 g/mol. The zero-order valence-corrected chi connectivity index (χ0v) is 51.7. The maximum atomic E-state index is 13.2. The molecule has 4 heterocycles. The van der Waals surface area contributed by atoms with Crippen molar-refractivity contribution in [2.45, 2.75) is 298 Å². The van der Waals surface area contributed by atoms with Crippen molar-refractivity contribution in [1.29, 1.82) is 0 Å². The number of ether oxygens (including phenoxy) is 2. The molecule has 0 saturated carbocycles. The van der Waals surface area contributed by atoms with Gasteiger partial charge in [-0.05, 0) is 73.6 Å². The molecule has 0 aliphatic rings. The Balaban J connectivity index is 1.46. The van der Waals surface area contributed by atoms with Crippen molar-refractivity contribution in [3.63, 3.8) is 0 Å². The number of hydrogen-bond donors (Lipinski definition) is 0. The van der Waals surface area contributed by atoms with Gasteiger partial charge in [0.05, 0.1) is 41.4 Å². The summed E-state index contributed by atoms with van der Waals surface area (Å²) in [5.74, 6) is 0.435. The topological polar surface area (TPSA) is 52.6 Å². The number of hydrogen-bond acceptors (Lipinski definition) is 8. The van der Waals surface area contributed by atoms with Crippen LogP contribution in [0, 0.1) is 11.8 Å². The Morgan fingerprint density at radius 1 is 0.351 bits per heavy atom. The molecule has 2 unspecified atom stereocenters. The summed E-state index contributed by atoms with van der Waals surface area (Å²) in [4.78, 5) is 28.8. The molecule has 0 aliphatic heterocycles. The van der Waals surface area contributed by atoms with Crippen LogP contribution >= 0.6 is 45.3 Å². The van der Waals surface area contributed by atoms with E-state index in [2.05, 4.69) is 53.7 Å². The monoisotopic (exact) mass is 1090 g/mol. The number of thiophene rings is 4. The molecule has 420 valence electrons. The lowest BCUT2D eigenvalue weighted by molar-refractivity contribution is -0.140. The van der Waals surface area contributed by atoms with Gasteiger partial charge in [0.2, 0.25) is 0 Å². The summed E-state index contributed by atoms with van der Waals surface area (Å²) in [6, 6.07) is 0. The van der Waals surface area contributed by atoms with Gasteiger partial charge < -0.3 is 9.47 Å². The largest absolute Gasteiger partial charge is 0.462 e. The SMILES string of the molecule is CCCCCCCCCCCCCCCCCc1c(/C=C/C(=O)OCC(CC)CCCC)sc2c1sc1c3sc(/C=C/C(=O)OCC(CC)CCCC)c(CCCCCCCCCCCCCCCCC)c3sc21. The van der Waals surface area contributed by atoms with E-state index in [1.165, 1.54) is 267 Å². The highest BCUT2D eigenvalue weighted by atomic mass is 32.1. The predicted molar refractivity (Wildman–Crippen MR) is 334 cm³/mol. The van der Waals surface area contributed by atoms with Crippen LogP contribution in [0.3, 0.4) is 0 Å². The maximum Gasteiger partial charge on any atom is 0.330 e. The van der Waals surface area contributed by atoms with E-state index in [4.69, 9.17) is 9.47 Å². The van der Waals surface area contributed by atoms with E-state index in [0.717, 1.165) is 38.5 Å². The van der Waals surface area contributed by atoms with Gasteiger partial charge >= 0.3 is 11.9 Å². The molecule has 0 aliphatic carbocycles. The fourth-order valence-corrected chi connectivity index (χ4v) is 16.8. The van der Waals surface area contributed by atoms with Crippen LogP contribution in [0.2, 0.25) is 0 Å². The van der Waals surface area contributed by atoms with Crippen molar-refractivity contribution in [3.05, 3.63) is 33.0 Å². The molecule has 74 heavy (non-hydrogen) atoms. The fraction of sp³-hybridized carbons (Fsp3) is 0.758. The minimum Gasteiger partial charge on any atom is -0.462 e. The molecule has 4 aromatic heterocycles. The first-order chi connectivity index (χ1) is 36.4. The van der Waals surface area contributed by atoms with E-state index in [0.29, 0.717) is 25.0 Å². The Hall–Kier alpha value is -2.00. The molecule has 0 aromatic carbocycles. The molecule has 0 amide bonds. The number of unbranched alkanes of at least 4 members (excludes halogenated alkanes) is 30. The summed E-state index contributed by atoms with van der Waals surface area (Å²) in [5.41, 5.74) is 2.84. The lowest BCUT2D eigenvalue weighted by atomic mass is 10.0. The van der Waals surface area contributed by atoms with Gasteiger partial charge in [-0.1, -0.05) is 260 Å². The Bertz CT molecular complexity index is 1960. The van der Waals surface area contributed by atoms with Crippen molar-refractivity contribution >= 4 is 97.6 Å². The summed E-state index contributed by atoms with van der Waals surface area (Å²) in [7, 11) is 0. The third kappa shape index (κ3) is 24.8. The van der Waals surface area contributed by atoms with Crippen LogP contribution in [-0.2, 0) is 31.9 Å². The van der Waals surface area contributed by atoms with Gasteiger partial charge in [-0.3, -0.25) is 0 Å².